The molecule has 29 heavy (non-hydrogen) atoms. The van der Waals surface area contributed by atoms with Gasteiger partial charge in [-0.1, -0.05) is 35.1 Å². The zero-order chi connectivity index (χ0) is 20.4. The van der Waals surface area contributed by atoms with Crippen LogP contribution in [-0.2, 0) is 14.6 Å². The maximum atomic E-state index is 12.5. The minimum absolute atomic E-state index is 0.0217. The van der Waals surface area contributed by atoms with Crippen LogP contribution in [-0.4, -0.2) is 56.1 Å². The summed E-state index contributed by atoms with van der Waals surface area (Å²) in [4.78, 5) is 21.3. The summed E-state index contributed by atoms with van der Waals surface area (Å²) in [5.41, 5.74) is 0.985. The molecule has 0 unspecified atom stereocenters. The van der Waals surface area contributed by atoms with Gasteiger partial charge in [-0.2, -0.15) is 0 Å². The Bertz CT molecular complexity index is 1090. The van der Waals surface area contributed by atoms with Gasteiger partial charge in [0.05, 0.1) is 20.9 Å². The minimum atomic E-state index is -3.50. The third-order valence-corrected chi connectivity index (χ3v) is 8.02. The number of rotatable bonds is 5. The van der Waals surface area contributed by atoms with Crippen molar-refractivity contribution in [3.8, 4) is 0 Å². The summed E-state index contributed by atoms with van der Waals surface area (Å²) in [5, 5.41) is 1.44. The molecule has 1 aliphatic rings. The molecule has 0 bridgehead atoms. The lowest BCUT2D eigenvalue weighted by atomic mass is 10.3. The van der Waals surface area contributed by atoms with Crippen molar-refractivity contribution in [2.75, 3.05) is 36.8 Å². The Kier molecular flexibility index (Phi) is 5.76. The molecule has 1 fully saturated rings. The van der Waals surface area contributed by atoms with Crippen LogP contribution in [0.4, 0.5) is 5.13 Å². The van der Waals surface area contributed by atoms with Crippen molar-refractivity contribution in [1.82, 2.24) is 9.88 Å². The predicted octanol–water partition coefficient (Wildman–Crippen LogP) is 3.46. The van der Waals surface area contributed by atoms with E-state index in [1.807, 2.05) is 18.2 Å². The molecule has 1 amide bonds. The number of anilines is 1. The van der Waals surface area contributed by atoms with E-state index in [9.17, 15) is 13.2 Å². The molecular formula is C20H20ClN3O3S2. The maximum Gasteiger partial charge on any atom is 0.223 e. The van der Waals surface area contributed by atoms with Crippen LogP contribution in [0.3, 0.4) is 0 Å². The highest BCUT2D eigenvalue weighted by atomic mass is 35.5. The van der Waals surface area contributed by atoms with Crippen LogP contribution >= 0.6 is 22.9 Å². The molecule has 3 aromatic rings. The van der Waals surface area contributed by atoms with Gasteiger partial charge in [0.1, 0.15) is 0 Å². The smallest absolute Gasteiger partial charge is 0.223 e. The number of thiazole rings is 1. The predicted molar refractivity (Wildman–Crippen MR) is 117 cm³/mol. The summed E-state index contributed by atoms with van der Waals surface area (Å²) < 4.78 is 26.0. The largest absolute Gasteiger partial charge is 0.345 e. The average molecular weight is 450 g/mol. The molecule has 1 saturated heterocycles. The first-order valence-corrected chi connectivity index (χ1v) is 12.1. The molecule has 0 radical (unpaired) electrons. The van der Waals surface area contributed by atoms with Gasteiger partial charge in [0.2, 0.25) is 5.91 Å². The number of benzene rings is 2. The third-order valence-electron chi connectivity index (χ3n) is 4.94. The van der Waals surface area contributed by atoms with E-state index in [0.717, 1.165) is 15.3 Å². The van der Waals surface area contributed by atoms with E-state index in [2.05, 4.69) is 16.0 Å². The molecule has 0 aliphatic carbocycles. The lowest BCUT2D eigenvalue weighted by Gasteiger charge is -2.34. The van der Waals surface area contributed by atoms with E-state index in [4.69, 9.17) is 11.6 Å². The van der Waals surface area contributed by atoms with Crippen LogP contribution in [0.2, 0.25) is 5.02 Å². The highest BCUT2D eigenvalue weighted by Gasteiger charge is 2.25. The molecule has 152 valence electrons. The summed E-state index contributed by atoms with van der Waals surface area (Å²) in [6, 6.07) is 14.0. The van der Waals surface area contributed by atoms with Crippen LogP contribution in [0.15, 0.2) is 53.4 Å². The maximum absolute atomic E-state index is 12.5. The Labute approximate surface area is 178 Å². The van der Waals surface area contributed by atoms with Gasteiger partial charge in [0.15, 0.2) is 15.0 Å². The normalized spacial score (nSPS) is 15.1. The average Bonchev–Trinajstić information content (AvgIpc) is 3.17. The van der Waals surface area contributed by atoms with Gasteiger partial charge in [-0.05, 0) is 36.4 Å². The first-order valence-electron chi connectivity index (χ1n) is 9.29. The number of piperazine rings is 1. The molecular weight excluding hydrogens is 430 g/mol. The Hall–Kier alpha value is -2.16. The molecule has 0 N–H and O–H groups in total. The second-order valence-electron chi connectivity index (χ2n) is 6.85. The number of halogens is 1. The fraction of sp³-hybridized carbons (Fsp3) is 0.300. The van der Waals surface area contributed by atoms with Crippen LogP contribution in [0.25, 0.3) is 10.2 Å². The van der Waals surface area contributed by atoms with Crippen molar-refractivity contribution in [1.29, 1.82) is 0 Å². The topological polar surface area (TPSA) is 70.6 Å². The van der Waals surface area contributed by atoms with E-state index in [1.165, 1.54) is 24.3 Å². The van der Waals surface area contributed by atoms with E-state index in [1.54, 1.807) is 16.2 Å². The van der Waals surface area contributed by atoms with Gasteiger partial charge in [-0.25, -0.2) is 13.4 Å². The molecule has 1 aromatic heterocycles. The van der Waals surface area contributed by atoms with Gasteiger partial charge in [0, 0.05) is 37.6 Å². The Balaban J connectivity index is 1.32. The number of fused-ring (bicyclic) bond motifs is 1. The Morgan fingerprint density at radius 1 is 1.03 bits per heavy atom. The highest BCUT2D eigenvalue weighted by molar-refractivity contribution is 7.91. The molecule has 4 rings (SSSR count). The molecule has 2 heterocycles. The lowest BCUT2D eigenvalue weighted by molar-refractivity contribution is -0.131. The molecule has 0 atom stereocenters. The monoisotopic (exact) mass is 449 g/mol. The molecule has 0 spiro atoms. The van der Waals surface area contributed by atoms with Crippen molar-refractivity contribution < 1.29 is 13.2 Å². The number of aromatic nitrogens is 1. The van der Waals surface area contributed by atoms with Crippen molar-refractivity contribution in [3.05, 3.63) is 53.6 Å². The SMILES string of the molecule is O=C(CCS(=O)(=O)c1ccc(Cl)cc1)N1CCN(c2nc3ccccc3s2)CC1. The highest BCUT2D eigenvalue weighted by Crippen LogP contribution is 2.29. The van der Waals surface area contributed by atoms with Crippen molar-refractivity contribution in [3.63, 3.8) is 0 Å². The number of sulfone groups is 1. The summed E-state index contributed by atoms with van der Waals surface area (Å²) in [7, 11) is -3.50. The summed E-state index contributed by atoms with van der Waals surface area (Å²) in [6.45, 7) is 2.51. The number of carbonyl (C=O) groups excluding carboxylic acids is 1. The van der Waals surface area contributed by atoms with Gasteiger partial charge >= 0.3 is 0 Å². The zero-order valence-corrected chi connectivity index (χ0v) is 18.0. The number of hydrogen-bond donors (Lipinski definition) is 0. The minimum Gasteiger partial charge on any atom is -0.345 e. The first kappa shape index (κ1) is 20.1. The van der Waals surface area contributed by atoms with Gasteiger partial charge < -0.3 is 9.80 Å². The second kappa shape index (κ2) is 8.30. The molecule has 1 aliphatic heterocycles. The van der Waals surface area contributed by atoms with Gasteiger partial charge in [-0.3, -0.25) is 4.79 Å². The van der Waals surface area contributed by atoms with Crippen LogP contribution < -0.4 is 4.90 Å². The Morgan fingerprint density at radius 3 is 2.41 bits per heavy atom. The van der Waals surface area contributed by atoms with Gasteiger partial charge in [0.25, 0.3) is 0 Å². The number of nitrogens with zero attached hydrogens (tertiary/aromatic N) is 3. The second-order valence-corrected chi connectivity index (χ2v) is 10.4. The van der Waals surface area contributed by atoms with Gasteiger partial charge in [-0.15, -0.1) is 0 Å². The van der Waals surface area contributed by atoms with E-state index in [0.29, 0.717) is 31.2 Å². The van der Waals surface area contributed by atoms with Crippen LogP contribution in [0, 0.1) is 0 Å². The van der Waals surface area contributed by atoms with E-state index >= 15 is 0 Å². The summed E-state index contributed by atoms with van der Waals surface area (Å²) in [5.74, 6) is -0.336. The van der Waals surface area contributed by atoms with Crippen LogP contribution in [0.1, 0.15) is 6.42 Å². The van der Waals surface area contributed by atoms with Crippen molar-refractivity contribution in [2.24, 2.45) is 0 Å². The standard InChI is InChI=1S/C20H20ClN3O3S2/c21-15-5-7-16(8-6-15)29(26,27)14-9-19(25)23-10-12-24(13-11-23)20-22-17-3-1-2-4-18(17)28-20/h1-8H,9-14H2. The number of hydrogen-bond acceptors (Lipinski definition) is 6. The van der Waals surface area contributed by atoms with Crippen molar-refractivity contribution in [2.45, 2.75) is 11.3 Å². The third kappa shape index (κ3) is 4.55. The molecule has 2 aromatic carbocycles. The fourth-order valence-electron chi connectivity index (χ4n) is 3.28. The molecule has 9 heteroatoms. The number of para-hydroxylation sites is 1. The molecule has 0 saturated carbocycles. The summed E-state index contributed by atoms with van der Waals surface area (Å²) >= 11 is 7.45. The first-order chi connectivity index (χ1) is 13.9. The Morgan fingerprint density at radius 2 is 1.72 bits per heavy atom. The lowest BCUT2D eigenvalue weighted by Crippen LogP contribution is -2.49. The molecule has 6 nitrogen and oxygen atoms in total. The fourth-order valence-corrected chi connectivity index (χ4v) is 5.66. The quantitative estimate of drug-likeness (QED) is 0.596. The summed E-state index contributed by atoms with van der Waals surface area (Å²) in [6.07, 6.45) is -0.0217. The van der Waals surface area contributed by atoms with Crippen LogP contribution in [0.5, 0.6) is 0 Å². The number of carbonyl (C=O) groups is 1. The van der Waals surface area contributed by atoms with E-state index < -0.39 is 9.84 Å². The number of amides is 1. The zero-order valence-electron chi connectivity index (χ0n) is 15.6. The van der Waals surface area contributed by atoms with Crippen molar-refractivity contribution >= 4 is 54.0 Å². The van der Waals surface area contributed by atoms with E-state index in [-0.39, 0.29) is 23.0 Å².